The smallest absolute Gasteiger partial charge is 0.335 e. The molecule has 1 aliphatic heterocycles. The Kier molecular flexibility index (Phi) is 4.50. The highest BCUT2D eigenvalue weighted by molar-refractivity contribution is 7.89. The number of carboxylic acids is 1. The fraction of sp³-hybridized carbons (Fsp3) is 0.462. The highest BCUT2D eigenvalue weighted by Crippen LogP contribution is 2.29. The number of benzene rings is 1. The molecule has 21 heavy (non-hydrogen) atoms. The maximum atomic E-state index is 12.7. The van der Waals surface area contributed by atoms with Crippen LogP contribution in [-0.4, -0.2) is 50.0 Å². The van der Waals surface area contributed by atoms with Gasteiger partial charge < -0.3 is 15.6 Å². The Bertz CT molecular complexity index is 644. The van der Waals surface area contributed by atoms with Gasteiger partial charge in [0.15, 0.2) is 0 Å². The van der Waals surface area contributed by atoms with Gasteiger partial charge in [0.2, 0.25) is 10.0 Å². The molecular formula is C13H18N2O5S. The molecule has 0 bridgehead atoms. The second kappa shape index (κ2) is 6.00. The number of hydrogen-bond acceptors (Lipinski definition) is 5. The molecule has 1 unspecified atom stereocenters. The Morgan fingerprint density at radius 1 is 1.48 bits per heavy atom. The Morgan fingerprint density at radius 2 is 2.19 bits per heavy atom. The van der Waals surface area contributed by atoms with E-state index >= 15 is 0 Å². The SMILES string of the molecule is COc1ccc(C(=O)O)cc1S(=O)(=O)N1CCCC(N)C1. The van der Waals surface area contributed by atoms with Gasteiger partial charge in [-0.1, -0.05) is 0 Å². The van der Waals surface area contributed by atoms with E-state index in [-0.39, 0.29) is 28.8 Å². The summed E-state index contributed by atoms with van der Waals surface area (Å²) in [5.74, 6) is -1.07. The zero-order valence-corrected chi connectivity index (χ0v) is 12.5. The molecule has 1 atom stereocenters. The molecule has 116 valence electrons. The van der Waals surface area contributed by atoms with E-state index in [4.69, 9.17) is 15.6 Å². The number of carbonyl (C=O) groups is 1. The van der Waals surface area contributed by atoms with E-state index in [1.165, 1.54) is 23.5 Å². The number of carboxylic acid groups (broad SMARTS) is 1. The number of nitrogens with two attached hydrogens (primary N) is 1. The third-order valence-corrected chi connectivity index (χ3v) is 5.34. The molecule has 0 radical (unpaired) electrons. The molecular weight excluding hydrogens is 296 g/mol. The monoisotopic (exact) mass is 314 g/mol. The lowest BCUT2D eigenvalue weighted by molar-refractivity contribution is 0.0696. The number of ether oxygens (including phenoxy) is 1. The van der Waals surface area contributed by atoms with Crippen LogP contribution in [0.15, 0.2) is 23.1 Å². The Labute approximate surface area is 123 Å². The third-order valence-electron chi connectivity index (χ3n) is 3.45. The molecule has 8 heteroatoms. The van der Waals surface area contributed by atoms with E-state index in [2.05, 4.69) is 0 Å². The number of hydrogen-bond donors (Lipinski definition) is 2. The summed E-state index contributed by atoms with van der Waals surface area (Å²) >= 11 is 0. The summed E-state index contributed by atoms with van der Waals surface area (Å²) in [5.41, 5.74) is 5.72. The van der Waals surface area contributed by atoms with E-state index in [1.54, 1.807) is 0 Å². The Hall–Kier alpha value is -1.64. The number of methoxy groups -OCH3 is 1. The second-order valence-corrected chi connectivity index (χ2v) is 6.84. The van der Waals surface area contributed by atoms with Crippen LogP contribution in [0.3, 0.4) is 0 Å². The molecule has 7 nitrogen and oxygen atoms in total. The Balaban J connectivity index is 2.47. The summed E-state index contributed by atoms with van der Waals surface area (Å²) in [5, 5.41) is 9.02. The van der Waals surface area contributed by atoms with Crippen molar-refractivity contribution in [1.29, 1.82) is 0 Å². The van der Waals surface area contributed by atoms with Crippen molar-refractivity contribution in [2.75, 3.05) is 20.2 Å². The maximum Gasteiger partial charge on any atom is 0.335 e. The fourth-order valence-corrected chi connectivity index (χ4v) is 4.06. The number of rotatable bonds is 4. The lowest BCUT2D eigenvalue weighted by Gasteiger charge is -2.30. The minimum absolute atomic E-state index is 0.101. The summed E-state index contributed by atoms with van der Waals surface area (Å²) in [6.45, 7) is 0.597. The minimum Gasteiger partial charge on any atom is -0.495 e. The second-order valence-electron chi connectivity index (χ2n) is 4.94. The van der Waals surface area contributed by atoms with Gasteiger partial charge in [0, 0.05) is 19.1 Å². The highest BCUT2D eigenvalue weighted by Gasteiger charge is 2.31. The number of piperidine rings is 1. The van der Waals surface area contributed by atoms with Crippen molar-refractivity contribution in [1.82, 2.24) is 4.31 Å². The van der Waals surface area contributed by atoms with Crippen LogP contribution in [0.1, 0.15) is 23.2 Å². The molecule has 1 aromatic carbocycles. The van der Waals surface area contributed by atoms with E-state index in [0.717, 1.165) is 12.5 Å². The summed E-state index contributed by atoms with van der Waals surface area (Å²) in [6, 6.07) is 3.57. The van der Waals surface area contributed by atoms with Crippen molar-refractivity contribution in [2.45, 2.75) is 23.8 Å². The summed E-state index contributed by atoms with van der Waals surface area (Å²) in [6.07, 6.45) is 1.46. The van der Waals surface area contributed by atoms with Crippen molar-refractivity contribution in [3.63, 3.8) is 0 Å². The van der Waals surface area contributed by atoms with Crippen LogP contribution in [0.5, 0.6) is 5.75 Å². The van der Waals surface area contributed by atoms with Gasteiger partial charge in [0.05, 0.1) is 12.7 Å². The number of sulfonamides is 1. The fourth-order valence-electron chi connectivity index (χ4n) is 2.34. The molecule has 0 spiro atoms. The lowest BCUT2D eigenvalue weighted by atomic mass is 10.1. The van der Waals surface area contributed by atoms with Crippen LogP contribution < -0.4 is 10.5 Å². The van der Waals surface area contributed by atoms with Crippen molar-refractivity contribution in [2.24, 2.45) is 5.73 Å². The van der Waals surface area contributed by atoms with E-state index in [9.17, 15) is 13.2 Å². The zero-order chi connectivity index (χ0) is 15.6. The van der Waals surface area contributed by atoms with Crippen LogP contribution in [0.4, 0.5) is 0 Å². The molecule has 1 aromatic rings. The molecule has 1 fully saturated rings. The first-order chi connectivity index (χ1) is 9.86. The van der Waals surface area contributed by atoms with Gasteiger partial charge in [-0.25, -0.2) is 13.2 Å². The molecule has 0 saturated carbocycles. The molecule has 1 aliphatic rings. The van der Waals surface area contributed by atoms with Crippen molar-refractivity contribution < 1.29 is 23.1 Å². The number of aromatic carboxylic acids is 1. The van der Waals surface area contributed by atoms with E-state index in [1.807, 2.05) is 0 Å². The summed E-state index contributed by atoms with van der Waals surface area (Å²) in [4.78, 5) is 10.9. The highest BCUT2D eigenvalue weighted by atomic mass is 32.2. The maximum absolute atomic E-state index is 12.7. The van der Waals surface area contributed by atoms with Crippen molar-refractivity contribution in [3.8, 4) is 5.75 Å². The predicted octanol–water partition coefficient (Wildman–Crippen LogP) is 0.505. The van der Waals surface area contributed by atoms with Crippen LogP contribution in [0.2, 0.25) is 0 Å². The van der Waals surface area contributed by atoms with Crippen LogP contribution in [0.25, 0.3) is 0 Å². The number of nitrogens with zero attached hydrogens (tertiary/aromatic N) is 1. The Morgan fingerprint density at radius 3 is 2.76 bits per heavy atom. The largest absolute Gasteiger partial charge is 0.495 e. The van der Waals surface area contributed by atoms with Gasteiger partial charge >= 0.3 is 5.97 Å². The van der Waals surface area contributed by atoms with Gasteiger partial charge in [0.1, 0.15) is 10.6 Å². The van der Waals surface area contributed by atoms with Crippen LogP contribution in [0, 0.1) is 0 Å². The molecule has 0 aromatic heterocycles. The zero-order valence-electron chi connectivity index (χ0n) is 11.7. The molecule has 1 saturated heterocycles. The average molecular weight is 314 g/mol. The van der Waals surface area contributed by atoms with Gasteiger partial charge in [-0.3, -0.25) is 0 Å². The van der Waals surface area contributed by atoms with Gasteiger partial charge in [-0.05, 0) is 31.0 Å². The minimum atomic E-state index is -3.83. The molecule has 0 amide bonds. The standard InChI is InChI=1S/C13H18N2O5S/c1-20-11-5-4-9(13(16)17)7-12(11)21(18,19)15-6-2-3-10(14)8-15/h4-5,7,10H,2-3,6,8,14H2,1H3,(H,16,17). The normalized spacial score (nSPS) is 20.2. The quantitative estimate of drug-likeness (QED) is 0.837. The predicted molar refractivity (Wildman–Crippen MR) is 75.9 cm³/mol. The van der Waals surface area contributed by atoms with E-state index in [0.29, 0.717) is 13.0 Å². The topological polar surface area (TPSA) is 110 Å². The molecule has 0 aliphatic carbocycles. The summed E-state index contributed by atoms with van der Waals surface area (Å²) < 4.78 is 31.7. The first-order valence-electron chi connectivity index (χ1n) is 6.53. The molecule has 1 heterocycles. The van der Waals surface area contributed by atoms with Gasteiger partial charge in [-0.2, -0.15) is 4.31 Å². The molecule has 3 N–H and O–H groups in total. The first kappa shape index (κ1) is 15.7. The van der Waals surface area contributed by atoms with E-state index < -0.39 is 16.0 Å². The first-order valence-corrected chi connectivity index (χ1v) is 7.97. The van der Waals surface area contributed by atoms with Gasteiger partial charge in [-0.15, -0.1) is 0 Å². The van der Waals surface area contributed by atoms with Crippen LogP contribution in [-0.2, 0) is 10.0 Å². The molecule has 2 rings (SSSR count). The van der Waals surface area contributed by atoms with Crippen molar-refractivity contribution >= 4 is 16.0 Å². The van der Waals surface area contributed by atoms with Gasteiger partial charge in [0.25, 0.3) is 0 Å². The third kappa shape index (κ3) is 3.17. The average Bonchev–Trinajstić information content (AvgIpc) is 2.46. The van der Waals surface area contributed by atoms with Crippen LogP contribution >= 0.6 is 0 Å². The van der Waals surface area contributed by atoms with Crippen molar-refractivity contribution in [3.05, 3.63) is 23.8 Å². The summed E-state index contributed by atoms with van der Waals surface area (Å²) in [7, 11) is -2.48. The lowest BCUT2D eigenvalue weighted by Crippen LogP contribution is -2.45.